The van der Waals surface area contributed by atoms with Crippen molar-refractivity contribution < 1.29 is 14.3 Å². The predicted octanol–water partition coefficient (Wildman–Crippen LogP) is 5.57. The number of fused-ring (bicyclic) bond motifs is 1. The monoisotopic (exact) mass is 497 g/mol. The van der Waals surface area contributed by atoms with Gasteiger partial charge in [-0.25, -0.2) is 4.99 Å². The number of anilines is 1. The van der Waals surface area contributed by atoms with Crippen molar-refractivity contribution in [2.75, 3.05) is 37.8 Å². The van der Waals surface area contributed by atoms with Crippen LogP contribution in [0.4, 0.5) is 5.69 Å². The van der Waals surface area contributed by atoms with E-state index in [1.807, 2.05) is 61.5 Å². The van der Waals surface area contributed by atoms with Gasteiger partial charge in [0.05, 0.1) is 23.9 Å². The number of nitrogens with zero attached hydrogens (tertiary/aromatic N) is 2. The van der Waals surface area contributed by atoms with Crippen LogP contribution in [-0.4, -0.2) is 45.2 Å². The van der Waals surface area contributed by atoms with Gasteiger partial charge in [0, 0.05) is 34.6 Å². The Morgan fingerprint density at radius 1 is 1.09 bits per heavy atom. The molecule has 34 heavy (non-hydrogen) atoms. The Balaban J connectivity index is 1.49. The van der Waals surface area contributed by atoms with Gasteiger partial charge in [-0.15, -0.1) is 0 Å². The van der Waals surface area contributed by atoms with Crippen LogP contribution in [0.3, 0.4) is 0 Å². The second-order valence-corrected chi connectivity index (χ2v) is 8.61. The molecule has 0 saturated carbocycles. The third kappa shape index (κ3) is 5.89. The lowest BCUT2D eigenvalue weighted by Crippen LogP contribution is -2.36. The van der Waals surface area contributed by atoms with Gasteiger partial charge in [-0.3, -0.25) is 4.79 Å². The van der Waals surface area contributed by atoms with Crippen molar-refractivity contribution in [3.05, 3.63) is 75.9 Å². The van der Waals surface area contributed by atoms with E-state index in [9.17, 15) is 4.79 Å². The zero-order chi connectivity index (χ0) is 23.9. The lowest BCUT2D eigenvalue weighted by molar-refractivity contribution is -0.108. The zero-order valence-electron chi connectivity index (χ0n) is 18.8. The topological polar surface area (TPSA) is 63.2 Å². The van der Waals surface area contributed by atoms with Crippen molar-refractivity contribution in [1.82, 2.24) is 5.32 Å². The van der Waals surface area contributed by atoms with E-state index in [2.05, 4.69) is 15.2 Å². The molecule has 0 radical (unpaired) electrons. The maximum absolute atomic E-state index is 11.1. The molecular weight excluding hydrogens is 473 g/mol. The van der Waals surface area contributed by atoms with Crippen LogP contribution in [0.25, 0.3) is 16.8 Å². The number of hydrogen-bond donors (Lipinski definition) is 1. The minimum absolute atomic E-state index is 0.0896. The Hall–Kier alpha value is -3.06. The highest BCUT2D eigenvalue weighted by Crippen LogP contribution is 2.31. The fourth-order valence-corrected chi connectivity index (χ4v) is 4.38. The summed E-state index contributed by atoms with van der Waals surface area (Å²) in [4.78, 5) is 17.9. The quantitative estimate of drug-likeness (QED) is 0.263. The molecule has 0 aliphatic carbocycles. The van der Waals surface area contributed by atoms with E-state index in [-0.39, 0.29) is 6.61 Å². The van der Waals surface area contributed by atoms with E-state index in [1.165, 1.54) is 0 Å². The van der Waals surface area contributed by atoms with Gasteiger partial charge in [0.2, 0.25) is 6.41 Å². The molecule has 1 aliphatic rings. The standard InChI is InChI=1S/C26H25Cl2N3O3/c1-18(14-19-6-8-24(23(28)15-19)31-10-12-33-13-11-31)30-26(29-17-32)16-34-25-9-7-22(27)20-4-2-3-5-21(20)25/h2-9,14-15,17H,10-13,16H2,1H3,(H,29,30,32)/b18-14-. The number of hydrogen-bond acceptors (Lipinski definition) is 5. The molecule has 1 N–H and O–H groups in total. The summed E-state index contributed by atoms with van der Waals surface area (Å²) < 4.78 is 11.4. The molecule has 0 atom stereocenters. The molecule has 1 saturated heterocycles. The fourth-order valence-electron chi connectivity index (χ4n) is 3.84. The van der Waals surface area contributed by atoms with Crippen LogP contribution in [0.1, 0.15) is 12.5 Å². The minimum Gasteiger partial charge on any atom is -0.485 e. The molecule has 3 aromatic carbocycles. The number of aliphatic imine (C=N–C) groups is 1. The summed E-state index contributed by atoms with van der Waals surface area (Å²) >= 11 is 12.8. The molecule has 0 spiro atoms. The molecule has 8 heteroatoms. The highest BCUT2D eigenvalue weighted by atomic mass is 35.5. The normalized spacial score (nSPS) is 14.9. The van der Waals surface area contributed by atoms with Crippen molar-refractivity contribution in [3.63, 3.8) is 0 Å². The first-order valence-corrected chi connectivity index (χ1v) is 11.7. The van der Waals surface area contributed by atoms with Gasteiger partial charge in [-0.1, -0.05) is 53.5 Å². The highest BCUT2D eigenvalue weighted by molar-refractivity contribution is 6.35. The van der Waals surface area contributed by atoms with E-state index < -0.39 is 0 Å². The number of morpholine rings is 1. The number of benzene rings is 3. The molecule has 1 aliphatic heterocycles. The number of allylic oxidation sites excluding steroid dienone is 1. The van der Waals surface area contributed by atoms with E-state index in [0.717, 1.165) is 35.1 Å². The second-order valence-electron chi connectivity index (χ2n) is 7.80. The molecule has 0 aromatic heterocycles. The first-order chi connectivity index (χ1) is 16.5. The number of halogens is 2. The number of rotatable bonds is 7. The number of carbonyl (C=O) groups is 1. The Kier molecular flexibility index (Phi) is 8.06. The van der Waals surface area contributed by atoms with Gasteiger partial charge in [-0.2, -0.15) is 0 Å². The van der Waals surface area contributed by atoms with Crippen molar-refractivity contribution >= 4 is 58.0 Å². The first kappa shape index (κ1) is 24.1. The fraction of sp³-hybridized carbons (Fsp3) is 0.231. The summed E-state index contributed by atoms with van der Waals surface area (Å²) in [5.41, 5.74) is 2.61. The van der Waals surface area contributed by atoms with E-state index in [4.69, 9.17) is 32.7 Å². The van der Waals surface area contributed by atoms with Crippen molar-refractivity contribution in [3.8, 4) is 5.75 Å². The summed E-state index contributed by atoms with van der Waals surface area (Å²) in [5, 5.41) is 5.75. The summed E-state index contributed by atoms with van der Waals surface area (Å²) in [6.07, 6.45) is 2.49. The van der Waals surface area contributed by atoms with Gasteiger partial charge in [0.25, 0.3) is 0 Å². The molecule has 1 fully saturated rings. The van der Waals surface area contributed by atoms with Gasteiger partial charge >= 0.3 is 0 Å². The van der Waals surface area contributed by atoms with E-state index in [1.54, 1.807) is 6.07 Å². The largest absolute Gasteiger partial charge is 0.485 e. The first-order valence-electron chi connectivity index (χ1n) is 10.9. The smallest absolute Gasteiger partial charge is 0.212 e. The third-order valence-corrected chi connectivity index (χ3v) is 6.06. The Morgan fingerprint density at radius 3 is 2.59 bits per heavy atom. The summed E-state index contributed by atoms with van der Waals surface area (Å²) in [5.74, 6) is 1.05. The molecule has 0 unspecified atom stereocenters. The van der Waals surface area contributed by atoms with Crippen LogP contribution in [0.2, 0.25) is 10.0 Å². The second kappa shape index (κ2) is 11.4. The average molecular weight is 498 g/mol. The number of carbonyl (C=O) groups excluding carboxylic acids is 1. The average Bonchev–Trinajstić information content (AvgIpc) is 2.84. The lowest BCUT2D eigenvalue weighted by atomic mass is 10.1. The maximum atomic E-state index is 11.1. The zero-order valence-corrected chi connectivity index (χ0v) is 20.3. The van der Waals surface area contributed by atoms with Crippen LogP contribution in [-0.2, 0) is 9.53 Å². The van der Waals surface area contributed by atoms with Crippen LogP contribution < -0.4 is 15.0 Å². The van der Waals surface area contributed by atoms with Crippen LogP contribution in [0, 0.1) is 0 Å². The van der Waals surface area contributed by atoms with Crippen LogP contribution in [0.15, 0.2) is 65.3 Å². The van der Waals surface area contributed by atoms with Crippen LogP contribution >= 0.6 is 23.2 Å². The number of amides is 1. The van der Waals surface area contributed by atoms with Crippen molar-refractivity contribution in [2.24, 2.45) is 4.99 Å². The molecule has 3 aromatic rings. The molecule has 6 nitrogen and oxygen atoms in total. The van der Waals surface area contributed by atoms with Crippen LogP contribution in [0.5, 0.6) is 5.75 Å². The molecule has 176 valence electrons. The third-order valence-electron chi connectivity index (χ3n) is 5.43. The minimum atomic E-state index is 0.0896. The number of amidine groups is 1. The van der Waals surface area contributed by atoms with Crippen molar-refractivity contribution in [1.29, 1.82) is 0 Å². The van der Waals surface area contributed by atoms with Gasteiger partial charge in [-0.05, 0) is 42.8 Å². The Labute approximate surface area is 208 Å². The van der Waals surface area contributed by atoms with E-state index in [0.29, 0.717) is 47.0 Å². The highest BCUT2D eigenvalue weighted by Gasteiger charge is 2.14. The lowest BCUT2D eigenvalue weighted by Gasteiger charge is -2.29. The summed E-state index contributed by atoms with van der Waals surface area (Å²) in [6.45, 7) is 4.99. The summed E-state index contributed by atoms with van der Waals surface area (Å²) in [6, 6.07) is 17.2. The maximum Gasteiger partial charge on any atom is 0.212 e. The van der Waals surface area contributed by atoms with Gasteiger partial charge < -0.3 is 19.7 Å². The Bertz CT molecular complexity index is 1240. The molecular formula is C26H25Cl2N3O3. The molecule has 1 heterocycles. The molecule has 1 amide bonds. The number of ether oxygens (including phenoxy) is 2. The van der Waals surface area contributed by atoms with E-state index >= 15 is 0 Å². The molecule has 0 bridgehead atoms. The summed E-state index contributed by atoms with van der Waals surface area (Å²) in [7, 11) is 0. The Morgan fingerprint density at radius 2 is 1.85 bits per heavy atom. The molecule has 4 rings (SSSR count). The SMILES string of the molecule is C/C(=C/c1ccc(N2CCOCC2)c(Cl)c1)N=C(COc1ccc(Cl)c2ccccc12)NC=O. The number of nitrogens with one attached hydrogen (secondary N) is 1. The van der Waals surface area contributed by atoms with Gasteiger partial charge in [0.15, 0.2) is 0 Å². The van der Waals surface area contributed by atoms with Gasteiger partial charge in [0.1, 0.15) is 18.2 Å². The predicted molar refractivity (Wildman–Crippen MR) is 139 cm³/mol. The van der Waals surface area contributed by atoms with Crippen molar-refractivity contribution in [2.45, 2.75) is 6.92 Å².